The molecule has 0 aromatic rings. The molecule has 0 bridgehead atoms. The molecule has 2 N–H and O–H groups in total. The van der Waals surface area contributed by atoms with Crippen LogP contribution in [-0.4, -0.2) is 42.1 Å². The second-order valence-electron chi connectivity index (χ2n) is 3.66. The van der Waals surface area contributed by atoms with E-state index >= 15 is 0 Å². The summed E-state index contributed by atoms with van der Waals surface area (Å²) in [7, 11) is 0. The topological polar surface area (TPSA) is 29.3 Å². The average molecular weight is 202 g/mol. The smallest absolute Gasteiger partial charge is 0.0174 e. The largest absolute Gasteiger partial charge is 0.329 e. The van der Waals surface area contributed by atoms with Gasteiger partial charge in [-0.25, -0.2) is 0 Å². The van der Waals surface area contributed by atoms with Gasteiger partial charge in [0, 0.05) is 24.9 Å². The van der Waals surface area contributed by atoms with Gasteiger partial charge in [0.25, 0.3) is 0 Å². The number of nitrogens with two attached hydrogens (primary N) is 1. The van der Waals surface area contributed by atoms with E-state index in [1.54, 1.807) is 0 Å². The van der Waals surface area contributed by atoms with Crippen LogP contribution >= 0.6 is 11.8 Å². The Morgan fingerprint density at radius 1 is 1.46 bits per heavy atom. The third-order valence-corrected chi connectivity index (χ3v) is 3.75. The highest BCUT2D eigenvalue weighted by molar-refractivity contribution is 7.99. The first-order chi connectivity index (χ1) is 6.36. The second-order valence-corrected chi connectivity index (χ2v) is 5.24. The van der Waals surface area contributed by atoms with E-state index in [0.717, 1.165) is 18.3 Å². The maximum absolute atomic E-state index is 5.58. The van der Waals surface area contributed by atoms with Gasteiger partial charge in [-0.2, -0.15) is 11.8 Å². The van der Waals surface area contributed by atoms with E-state index in [1.165, 1.54) is 38.1 Å². The van der Waals surface area contributed by atoms with Crippen LogP contribution < -0.4 is 5.73 Å². The van der Waals surface area contributed by atoms with Crippen LogP contribution in [0.2, 0.25) is 0 Å². The Morgan fingerprint density at radius 3 is 3.00 bits per heavy atom. The van der Waals surface area contributed by atoms with Gasteiger partial charge in [0.2, 0.25) is 0 Å². The fraction of sp³-hybridized carbons (Fsp3) is 1.00. The van der Waals surface area contributed by atoms with Crippen molar-refractivity contribution >= 4 is 11.8 Å². The van der Waals surface area contributed by atoms with Crippen molar-refractivity contribution < 1.29 is 0 Å². The maximum Gasteiger partial charge on any atom is 0.0174 e. The number of hydrogen-bond acceptors (Lipinski definition) is 3. The molecule has 0 radical (unpaired) electrons. The van der Waals surface area contributed by atoms with Gasteiger partial charge in [-0.15, -0.1) is 0 Å². The third-order valence-electron chi connectivity index (χ3n) is 2.56. The fourth-order valence-corrected chi connectivity index (χ4v) is 3.06. The number of rotatable bonds is 4. The van der Waals surface area contributed by atoms with Crippen LogP contribution in [0.25, 0.3) is 0 Å². The highest BCUT2D eigenvalue weighted by Gasteiger charge is 2.16. The minimum atomic E-state index is 0.809. The van der Waals surface area contributed by atoms with Gasteiger partial charge in [-0.3, -0.25) is 0 Å². The third kappa shape index (κ3) is 4.34. The molecular weight excluding hydrogens is 180 g/mol. The zero-order valence-corrected chi connectivity index (χ0v) is 9.48. The average Bonchev–Trinajstić information content (AvgIpc) is 2.32. The molecule has 3 heteroatoms. The van der Waals surface area contributed by atoms with Crippen LogP contribution in [0.5, 0.6) is 0 Å². The highest BCUT2D eigenvalue weighted by Crippen LogP contribution is 2.21. The number of nitrogens with zero attached hydrogens (tertiary/aromatic N) is 1. The Kier molecular flexibility index (Phi) is 5.83. The van der Waals surface area contributed by atoms with Crippen molar-refractivity contribution in [1.82, 2.24) is 4.90 Å². The van der Waals surface area contributed by atoms with Crippen molar-refractivity contribution in [1.29, 1.82) is 0 Å². The number of thioether (sulfide) groups is 1. The molecular formula is C10H22N2S. The molecule has 2 nitrogen and oxygen atoms in total. The monoisotopic (exact) mass is 202 g/mol. The van der Waals surface area contributed by atoms with E-state index < -0.39 is 0 Å². The van der Waals surface area contributed by atoms with Crippen molar-refractivity contribution in [2.75, 3.05) is 31.9 Å². The predicted molar refractivity (Wildman–Crippen MR) is 61.3 cm³/mol. The van der Waals surface area contributed by atoms with Crippen LogP contribution in [0.1, 0.15) is 26.2 Å². The normalized spacial score (nSPS) is 25.8. The second kappa shape index (κ2) is 6.68. The van der Waals surface area contributed by atoms with Crippen molar-refractivity contribution in [3.8, 4) is 0 Å². The molecule has 1 aliphatic heterocycles. The molecule has 1 heterocycles. The van der Waals surface area contributed by atoms with Crippen LogP contribution in [0.3, 0.4) is 0 Å². The fourth-order valence-electron chi connectivity index (χ4n) is 1.94. The van der Waals surface area contributed by atoms with Gasteiger partial charge in [0.1, 0.15) is 0 Å². The van der Waals surface area contributed by atoms with E-state index in [9.17, 15) is 0 Å². The summed E-state index contributed by atoms with van der Waals surface area (Å²) >= 11 is 2.11. The highest BCUT2D eigenvalue weighted by atomic mass is 32.2. The molecule has 0 aromatic carbocycles. The van der Waals surface area contributed by atoms with Gasteiger partial charge in [-0.1, -0.05) is 13.3 Å². The van der Waals surface area contributed by atoms with E-state index in [4.69, 9.17) is 5.73 Å². The van der Waals surface area contributed by atoms with Crippen LogP contribution in [0.4, 0.5) is 0 Å². The lowest BCUT2D eigenvalue weighted by molar-refractivity contribution is 0.296. The first kappa shape index (κ1) is 11.3. The summed E-state index contributed by atoms with van der Waals surface area (Å²) in [5.41, 5.74) is 5.58. The summed E-state index contributed by atoms with van der Waals surface area (Å²) in [5, 5.41) is 0.860. The summed E-state index contributed by atoms with van der Waals surface area (Å²) < 4.78 is 0. The van der Waals surface area contributed by atoms with Crippen molar-refractivity contribution in [3.63, 3.8) is 0 Å². The van der Waals surface area contributed by atoms with Gasteiger partial charge in [0.15, 0.2) is 0 Å². The molecule has 0 saturated carbocycles. The molecule has 78 valence electrons. The molecule has 1 fully saturated rings. The van der Waals surface area contributed by atoms with E-state index in [0.29, 0.717) is 0 Å². The maximum atomic E-state index is 5.58. The lowest BCUT2D eigenvalue weighted by Gasteiger charge is -2.22. The first-order valence-corrected chi connectivity index (χ1v) is 6.45. The van der Waals surface area contributed by atoms with Gasteiger partial charge in [-0.05, 0) is 25.1 Å². The minimum Gasteiger partial charge on any atom is -0.329 e. The summed E-state index contributed by atoms with van der Waals surface area (Å²) in [6, 6.07) is 0. The van der Waals surface area contributed by atoms with Crippen molar-refractivity contribution in [2.45, 2.75) is 31.4 Å². The summed E-state index contributed by atoms with van der Waals surface area (Å²) in [4.78, 5) is 2.53. The van der Waals surface area contributed by atoms with Crippen LogP contribution in [-0.2, 0) is 0 Å². The Balaban J connectivity index is 2.30. The first-order valence-electron chi connectivity index (χ1n) is 5.40. The quantitative estimate of drug-likeness (QED) is 0.750. The predicted octanol–water partition coefficient (Wildman–Crippen LogP) is 1.55. The zero-order valence-electron chi connectivity index (χ0n) is 8.67. The van der Waals surface area contributed by atoms with Gasteiger partial charge in [0.05, 0.1) is 0 Å². The SMILES string of the molecule is CCSC1CCCCN(CCN)C1. The molecule has 1 unspecified atom stereocenters. The number of likely N-dealkylation sites (tertiary alicyclic amines) is 1. The lowest BCUT2D eigenvalue weighted by Crippen LogP contribution is -2.34. The summed E-state index contributed by atoms with van der Waals surface area (Å²) in [5.74, 6) is 1.25. The molecule has 1 rings (SSSR count). The Bertz CT molecular complexity index is 116. The standard InChI is InChI=1S/C10H22N2S/c1-2-13-10-5-3-4-7-12(9-10)8-6-11/h10H,2-9,11H2,1H3. The molecule has 13 heavy (non-hydrogen) atoms. The lowest BCUT2D eigenvalue weighted by atomic mass is 10.2. The van der Waals surface area contributed by atoms with Crippen molar-refractivity contribution in [2.24, 2.45) is 5.73 Å². The summed E-state index contributed by atoms with van der Waals surface area (Å²) in [6.45, 7) is 6.67. The van der Waals surface area contributed by atoms with E-state index in [2.05, 4.69) is 23.6 Å². The zero-order chi connectivity index (χ0) is 9.52. The molecule has 1 atom stereocenters. The van der Waals surface area contributed by atoms with Crippen LogP contribution in [0, 0.1) is 0 Å². The Hall–Kier alpha value is 0.270. The van der Waals surface area contributed by atoms with Crippen molar-refractivity contribution in [3.05, 3.63) is 0 Å². The van der Waals surface area contributed by atoms with E-state index in [1.807, 2.05) is 0 Å². The molecule has 1 saturated heterocycles. The number of hydrogen-bond donors (Lipinski definition) is 1. The Labute approximate surface area is 86.2 Å². The van der Waals surface area contributed by atoms with Gasteiger partial charge >= 0.3 is 0 Å². The summed E-state index contributed by atoms with van der Waals surface area (Å²) in [6.07, 6.45) is 4.17. The molecule has 0 spiro atoms. The molecule has 0 amide bonds. The Morgan fingerprint density at radius 2 is 2.31 bits per heavy atom. The van der Waals surface area contributed by atoms with Gasteiger partial charge < -0.3 is 10.6 Å². The minimum absolute atomic E-state index is 0.809. The van der Waals surface area contributed by atoms with E-state index in [-0.39, 0.29) is 0 Å². The molecule has 1 aliphatic rings. The molecule has 0 aromatic heterocycles. The van der Waals surface area contributed by atoms with Crippen LogP contribution in [0.15, 0.2) is 0 Å². The molecule has 0 aliphatic carbocycles.